The molecular formula is C14H20FN3O. The van der Waals surface area contributed by atoms with Gasteiger partial charge in [-0.15, -0.1) is 0 Å². The number of hydrogen-bond acceptors (Lipinski definition) is 3. The Kier molecular flexibility index (Phi) is 4.87. The molecule has 1 saturated heterocycles. The van der Waals surface area contributed by atoms with Crippen molar-refractivity contribution in [2.24, 2.45) is 0 Å². The Hall–Kier alpha value is -1.46. The van der Waals surface area contributed by atoms with Crippen molar-refractivity contribution < 1.29 is 9.18 Å². The number of nitrogens with zero attached hydrogens (tertiary/aromatic N) is 2. The lowest BCUT2D eigenvalue weighted by atomic mass is 10.2. The summed E-state index contributed by atoms with van der Waals surface area (Å²) in [4.78, 5) is 15.9. The molecule has 2 rings (SSSR count). The second-order valence-electron chi connectivity index (χ2n) is 4.91. The van der Waals surface area contributed by atoms with Crippen LogP contribution in [0.2, 0.25) is 0 Å². The van der Waals surface area contributed by atoms with Gasteiger partial charge < -0.3 is 10.2 Å². The zero-order valence-corrected chi connectivity index (χ0v) is 11.2. The van der Waals surface area contributed by atoms with Crippen LogP contribution in [0.25, 0.3) is 0 Å². The highest BCUT2D eigenvalue weighted by Crippen LogP contribution is 2.07. The molecule has 5 heteroatoms. The molecule has 0 spiro atoms. The molecule has 1 aliphatic heterocycles. The van der Waals surface area contributed by atoms with Crippen molar-refractivity contribution in [2.75, 3.05) is 39.8 Å². The van der Waals surface area contributed by atoms with Crippen LogP contribution in [0.4, 0.5) is 4.39 Å². The Balaban J connectivity index is 1.84. The lowest BCUT2D eigenvalue weighted by Gasteiger charge is -2.28. The summed E-state index contributed by atoms with van der Waals surface area (Å²) < 4.78 is 13.1. The highest BCUT2D eigenvalue weighted by molar-refractivity contribution is 5.78. The van der Waals surface area contributed by atoms with E-state index in [9.17, 15) is 9.18 Å². The zero-order chi connectivity index (χ0) is 13.7. The molecule has 0 bridgehead atoms. The van der Waals surface area contributed by atoms with Gasteiger partial charge in [0.05, 0.1) is 6.54 Å². The highest BCUT2D eigenvalue weighted by atomic mass is 19.1. The number of halogens is 1. The summed E-state index contributed by atoms with van der Waals surface area (Å²) in [5.74, 6) is -0.188. The van der Waals surface area contributed by atoms with Gasteiger partial charge in [-0.2, -0.15) is 0 Å². The van der Waals surface area contributed by atoms with Crippen LogP contribution in [-0.4, -0.2) is 55.5 Å². The number of hydrogen-bond donors (Lipinski definition) is 1. The summed E-state index contributed by atoms with van der Waals surface area (Å²) in [5, 5.41) is 3.26. The average molecular weight is 265 g/mol. The third kappa shape index (κ3) is 4.29. The van der Waals surface area contributed by atoms with E-state index >= 15 is 0 Å². The third-order valence-electron chi connectivity index (χ3n) is 3.30. The van der Waals surface area contributed by atoms with Crippen molar-refractivity contribution in [3.8, 4) is 0 Å². The van der Waals surface area contributed by atoms with Crippen LogP contribution >= 0.6 is 0 Å². The minimum absolute atomic E-state index is 0.0751. The van der Waals surface area contributed by atoms with Gasteiger partial charge in [0, 0.05) is 39.8 Å². The first-order valence-corrected chi connectivity index (χ1v) is 6.56. The van der Waals surface area contributed by atoms with Crippen LogP contribution in [0.3, 0.4) is 0 Å². The van der Waals surface area contributed by atoms with E-state index in [-0.39, 0.29) is 11.7 Å². The second-order valence-corrected chi connectivity index (χ2v) is 4.91. The van der Waals surface area contributed by atoms with E-state index in [4.69, 9.17) is 0 Å². The normalized spacial score (nSPS) is 16.3. The van der Waals surface area contributed by atoms with Crippen LogP contribution in [0, 0.1) is 5.82 Å². The summed E-state index contributed by atoms with van der Waals surface area (Å²) >= 11 is 0. The molecule has 1 aromatic carbocycles. The number of likely N-dealkylation sites (N-methyl/N-ethyl adjacent to an activating group) is 1. The lowest BCUT2D eigenvalue weighted by Crippen LogP contribution is -2.47. The number of amides is 1. The highest BCUT2D eigenvalue weighted by Gasteiger charge is 2.16. The largest absolute Gasteiger partial charge is 0.340 e. The third-order valence-corrected chi connectivity index (χ3v) is 3.30. The number of carbonyl (C=O) groups is 1. The predicted octanol–water partition coefficient (Wildman–Crippen LogP) is 0.689. The predicted molar refractivity (Wildman–Crippen MR) is 72.2 cm³/mol. The van der Waals surface area contributed by atoms with Crippen molar-refractivity contribution in [1.29, 1.82) is 0 Å². The maximum absolute atomic E-state index is 13.1. The summed E-state index contributed by atoms with van der Waals surface area (Å²) in [6, 6.07) is 6.37. The smallest absolute Gasteiger partial charge is 0.236 e. The molecule has 0 aliphatic carbocycles. The standard InChI is InChI=1S/C14H20FN3O/c1-17(10-12-3-2-4-13(15)9-12)14(19)11-18-7-5-16-6-8-18/h2-4,9,16H,5-8,10-11H2,1H3. The fourth-order valence-corrected chi connectivity index (χ4v) is 2.18. The first-order chi connectivity index (χ1) is 9.15. The van der Waals surface area contributed by atoms with Gasteiger partial charge >= 0.3 is 0 Å². The molecule has 1 amide bonds. The Morgan fingerprint density at radius 3 is 2.84 bits per heavy atom. The molecule has 19 heavy (non-hydrogen) atoms. The van der Waals surface area contributed by atoms with Crippen molar-refractivity contribution in [1.82, 2.24) is 15.1 Å². The summed E-state index contributed by atoms with van der Waals surface area (Å²) in [7, 11) is 1.76. The van der Waals surface area contributed by atoms with E-state index in [0.29, 0.717) is 13.1 Å². The number of nitrogens with one attached hydrogen (secondary N) is 1. The van der Waals surface area contributed by atoms with Gasteiger partial charge in [0.25, 0.3) is 0 Å². The summed E-state index contributed by atoms with van der Waals surface area (Å²) in [5.41, 5.74) is 0.816. The van der Waals surface area contributed by atoms with Gasteiger partial charge in [0.1, 0.15) is 5.82 Å². The first-order valence-electron chi connectivity index (χ1n) is 6.56. The fourth-order valence-electron chi connectivity index (χ4n) is 2.18. The topological polar surface area (TPSA) is 35.6 Å². The quantitative estimate of drug-likeness (QED) is 0.870. The monoisotopic (exact) mass is 265 g/mol. The Labute approximate surface area is 113 Å². The number of benzene rings is 1. The van der Waals surface area contributed by atoms with Crippen LogP contribution in [0.1, 0.15) is 5.56 Å². The van der Waals surface area contributed by atoms with E-state index in [1.807, 2.05) is 6.07 Å². The lowest BCUT2D eigenvalue weighted by molar-refractivity contribution is -0.131. The number of carbonyl (C=O) groups excluding carboxylic acids is 1. The van der Waals surface area contributed by atoms with E-state index in [1.54, 1.807) is 18.0 Å². The van der Waals surface area contributed by atoms with Crippen molar-refractivity contribution >= 4 is 5.91 Å². The molecule has 1 N–H and O–H groups in total. The molecule has 104 valence electrons. The molecular weight excluding hydrogens is 245 g/mol. The van der Waals surface area contributed by atoms with E-state index < -0.39 is 0 Å². The van der Waals surface area contributed by atoms with E-state index in [0.717, 1.165) is 31.7 Å². The van der Waals surface area contributed by atoms with Gasteiger partial charge in [0.2, 0.25) is 5.91 Å². The molecule has 0 atom stereocenters. The van der Waals surface area contributed by atoms with Gasteiger partial charge in [-0.3, -0.25) is 9.69 Å². The van der Waals surface area contributed by atoms with Crippen LogP contribution in [0.5, 0.6) is 0 Å². The fraction of sp³-hybridized carbons (Fsp3) is 0.500. The average Bonchev–Trinajstić information content (AvgIpc) is 2.40. The van der Waals surface area contributed by atoms with Gasteiger partial charge in [-0.05, 0) is 17.7 Å². The number of piperazine rings is 1. The van der Waals surface area contributed by atoms with Crippen molar-refractivity contribution in [3.05, 3.63) is 35.6 Å². The number of rotatable bonds is 4. The molecule has 0 radical (unpaired) electrons. The second kappa shape index (κ2) is 6.63. The summed E-state index contributed by atoms with van der Waals surface area (Å²) in [6.45, 7) is 4.55. The molecule has 0 saturated carbocycles. The van der Waals surface area contributed by atoms with Crippen molar-refractivity contribution in [2.45, 2.75) is 6.54 Å². The van der Waals surface area contributed by atoms with Crippen molar-refractivity contribution in [3.63, 3.8) is 0 Å². The molecule has 0 aromatic heterocycles. The maximum Gasteiger partial charge on any atom is 0.236 e. The molecule has 1 aliphatic rings. The molecule has 4 nitrogen and oxygen atoms in total. The molecule has 1 aromatic rings. The molecule has 1 heterocycles. The zero-order valence-electron chi connectivity index (χ0n) is 11.2. The van der Waals surface area contributed by atoms with Crippen LogP contribution < -0.4 is 5.32 Å². The SMILES string of the molecule is CN(Cc1cccc(F)c1)C(=O)CN1CCNCC1. The first kappa shape index (κ1) is 14.0. The maximum atomic E-state index is 13.1. The Morgan fingerprint density at radius 1 is 1.42 bits per heavy atom. The van der Waals surface area contributed by atoms with Crippen LogP contribution in [0.15, 0.2) is 24.3 Å². The minimum Gasteiger partial charge on any atom is -0.340 e. The van der Waals surface area contributed by atoms with Gasteiger partial charge in [-0.25, -0.2) is 4.39 Å². The Morgan fingerprint density at radius 2 is 2.16 bits per heavy atom. The van der Waals surface area contributed by atoms with Crippen LogP contribution in [-0.2, 0) is 11.3 Å². The minimum atomic E-state index is -0.263. The van der Waals surface area contributed by atoms with E-state index in [2.05, 4.69) is 10.2 Å². The molecule has 0 unspecified atom stereocenters. The van der Waals surface area contributed by atoms with Gasteiger partial charge in [0.15, 0.2) is 0 Å². The molecule has 1 fully saturated rings. The van der Waals surface area contributed by atoms with Gasteiger partial charge in [-0.1, -0.05) is 12.1 Å². The van der Waals surface area contributed by atoms with E-state index in [1.165, 1.54) is 12.1 Å². The Bertz CT molecular complexity index is 432. The summed E-state index contributed by atoms with van der Waals surface area (Å²) in [6.07, 6.45) is 0.